The standard InChI is InChI=1S/C15H21N3OS/c1-4-14(15-17-5-6-20-15)18-12-7-11(16)8-13(9-12)19-10(2)3/h5-10,14,18H,4,16H2,1-3H3. The van der Waals surface area contributed by atoms with Gasteiger partial charge in [0.2, 0.25) is 0 Å². The van der Waals surface area contributed by atoms with Gasteiger partial charge in [-0.25, -0.2) is 4.98 Å². The number of hydrogen-bond donors (Lipinski definition) is 2. The molecule has 0 fully saturated rings. The number of ether oxygens (including phenoxy) is 1. The van der Waals surface area contributed by atoms with Crippen LogP contribution in [-0.2, 0) is 0 Å². The third kappa shape index (κ3) is 3.87. The summed E-state index contributed by atoms with van der Waals surface area (Å²) in [5, 5.41) is 6.55. The van der Waals surface area contributed by atoms with Gasteiger partial charge in [-0.2, -0.15) is 0 Å². The second-order valence-corrected chi connectivity index (χ2v) is 5.86. The van der Waals surface area contributed by atoms with E-state index in [4.69, 9.17) is 10.5 Å². The summed E-state index contributed by atoms with van der Waals surface area (Å²) < 4.78 is 5.71. The lowest BCUT2D eigenvalue weighted by atomic mass is 10.2. The predicted molar refractivity (Wildman–Crippen MR) is 85.4 cm³/mol. The molecule has 20 heavy (non-hydrogen) atoms. The first-order chi connectivity index (χ1) is 9.58. The van der Waals surface area contributed by atoms with Crippen LogP contribution < -0.4 is 15.8 Å². The zero-order valence-corrected chi connectivity index (χ0v) is 12.9. The van der Waals surface area contributed by atoms with Crippen LogP contribution in [0.1, 0.15) is 38.2 Å². The number of nitrogens with two attached hydrogens (primary N) is 1. The maximum Gasteiger partial charge on any atom is 0.123 e. The van der Waals surface area contributed by atoms with Crippen LogP contribution in [0.5, 0.6) is 5.75 Å². The van der Waals surface area contributed by atoms with Crippen LogP contribution in [0.3, 0.4) is 0 Å². The van der Waals surface area contributed by atoms with Gasteiger partial charge in [0.05, 0.1) is 12.1 Å². The molecule has 0 saturated heterocycles. The molecule has 108 valence electrons. The summed E-state index contributed by atoms with van der Waals surface area (Å²) >= 11 is 1.66. The Kier molecular flexibility index (Phi) is 4.84. The first-order valence-corrected chi connectivity index (χ1v) is 7.69. The molecule has 0 aliphatic rings. The van der Waals surface area contributed by atoms with Crippen LogP contribution in [0.15, 0.2) is 29.8 Å². The summed E-state index contributed by atoms with van der Waals surface area (Å²) in [5.74, 6) is 0.788. The highest BCUT2D eigenvalue weighted by Gasteiger charge is 2.12. The highest BCUT2D eigenvalue weighted by Crippen LogP contribution is 2.28. The SMILES string of the molecule is CCC(Nc1cc(N)cc(OC(C)C)c1)c1nccs1. The number of nitrogens with one attached hydrogen (secondary N) is 1. The molecule has 0 radical (unpaired) electrons. The average molecular weight is 291 g/mol. The monoisotopic (exact) mass is 291 g/mol. The second kappa shape index (κ2) is 6.61. The molecular formula is C15H21N3OS. The molecule has 1 heterocycles. The number of rotatable bonds is 6. The Morgan fingerprint density at radius 3 is 2.75 bits per heavy atom. The zero-order chi connectivity index (χ0) is 14.5. The molecule has 2 aromatic rings. The van der Waals surface area contributed by atoms with Crippen molar-refractivity contribution in [2.45, 2.75) is 39.3 Å². The Hall–Kier alpha value is -1.75. The van der Waals surface area contributed by atoms with Crippen molar-refractivity contribution in [1.29, 1.82) is 0 Å². The number of thiazole rings is 1. The van der Waals surface area contributed by atoms with Gasteiger partial charge in [0.1, 0.15) is 10.8 Å². The van der Waals surface area contributed by atoms with E-state index in [1.54, 1.807) is 11.3 Å². The molecule has 0 amide bonds. The van der Waals surface area contributed by atoms with E-state index in [0.717, 1.165) is 22.9 Å². The predicted octanol–water partition coefficient (Wildman–Crippen LogP) is 4.08. The van der Waals surface area contributed by atoms with Crippen LogP contribution in [0, 0.1) is 0 Å². The molecule has 5 heteroatoms. The van der Waals surface area contributed by atoms with Crippen molar-refractivity contribution in [1.82, 2.24) is 4.98 Å². The van der Waals surface area contributed by atoms with Crippen molar-refractivity contribution in [3.8, 4) is 5.75 Å². The first-order valence-electron chi connectivity index (χ1n) is 6.81. The minimum atomic E-state index is 0.130. The molecule has 0 saturated carbocycles. The lowest BCUT2D eigenvalue weighted by Crippen LogP contribution is -2.10. The van der Waals surface area contributed by atoms with Gasteiger partial charge >= 0.3 is 0 Å². The summed E-state index contributed by atoms with van der Waals surface area (Å²) in [7, 11) is 0. The Balaban J connectivity index is 2.17. The highest BCUT2D eigenvalue weighted by molar-refractivity contribution is 7.09. The van der Waals surface area contributed by atoms with Crippen LogP contribution in [0.25, 0.3) is 0 Å². The Labute approximate surface area is 124 Å². The highest BCUT2D eigenvalue weighted by atomic mass is 32.1. The number of benzene rings is 1. The second-order valence-electron chi connectivity index (χ2n) is 4.93. The van der Waals surface area contributed by atoms with E-state index in [-0.39, 0.29) is 12.1 Å². The summed E-state index contributed by atoms with van der Waals surface area (Å²) in [4.78, 5) is 4.37. The summed E-state index contributed by atoms with van der Waals surface area (Å²) in [5.41, 5.74) is 7.59. The Morgan fingerprint density at radius 1 is 1.35 bits per heavy atom. The van der Waals surface area contributed by atoms with Gasteiger partial charge in [-0.3, -0.25) is 0 Å². The zero-order valence-electron chi connectivity index (χ0n) is 12.1. The lowest BCUT2D eigenvalue weighted by molar-refractivity contribution is 0.242. The molecule has 0 bridgehead atoms. The fraction of sp³-hybridized carbons (Fsp3) is 0.400. The third-order valence-corrected chi connectivity index (χ3v) is 3.69. The minimum Gasteiger partial charge on any atom is -0.491 e. The Morgan fingerprint density at radius 2 is 2.15 bits per heavy atom. The molecule has 0 aliphatic carbocycles. The molecule has 2 rings (SSSR count). The van der Waals surface area contributed by atoms with E-state index in [0.29, 0.717) is 5.69 Å². The molecule has 0 spiro atoms. The van der Waals surface area contributed by atoms with Gasteiger partial charge in [-0.1, -0.05) is 6.92 Å². The maximum absolute atomic E-state index is 5.94. The van der Waals surface area contributed by atoms with Crippen molar-refractivity contribution in [2.24, 2.45) is 0 Å². The average Bonchev–Trinajstić information content (AvgIpc) is 2.88. The van der Waals surface area contributed by atoms with Crippen molar-refractivity contribution in [2.75, 3.05) is 11.1 Å². The van der Waals surface area contributed by atoms with Crippen molar-refractivity contribution >= 4 is 22.7 Å². The fourth-order valence-corrected chi connectivity index (χ4v) is 2.76. The molecular weight excluding hydrogens is 270 g/mol. The summed E-state index contributed by atoms with van der Waals surface area (Å²) in [6.07, 6.45) is 2.92. The van der Waals surface area contributed by atoms with Crippen molar-refractivity contribution < 1.29 is 4.74 Å². The van der Waals surface area contributed by atoms with E-state index in [1.807, 2.05) is 43.6 Å². The minimum absolute atomic E-state index is 0.130. The summed E-state index contributed by atoms with van der Waals surface area (Å²) in [6.45, 7) is 6.14. The van der Waals surface area contributed by atoms with Gasteiger partial charge in [0, 0.05) is 35.1 Å². The van der Waals surface area contributed by atoms with Gasteiger partial charge in [0.25, 0.3) is 0 Å². The molecule has 1 aromatic carbocycles. The van der Waals surface area contributed by atoms with Crippen LogP contribution >= 0.6 is 11.3 Å². The van der Waals surface area contributed by atoms with Crippen molar-refractivity contribution in [3.05, 3.63) is 34.8 Å². The maximum atomic E-state index is 5.94. The normalized spacial score (nSPS) is 12.4. The topological polar surface area (TPSA) is 60.2 Å². The number of hydrogen-bond acceptors (Lipinski definition) is 5. The van der Waals surface area contributed by atoms with E-state index >= 15 is 0 Å². The van der Waals surface area contributed by atoms with E-state index in [1.165, 1.54) is 0 Å². The molecule has 4 nitrogen and oxygen atoms in total. The van der Waals surface area contributed by atoms with Crippen molar-refractivity contribution in [3.63, 3.8) is 0 Å². The molecule has 1 unspecified atom stereocenters. The van der Waals surface area contributed by atoms with Crippen LogP contribution in [0.4, 0.5) is 11.4 Å². The largest absolute Gasteiger partial charge is 0.491 e. The first kappa shape index (κ1) is 14.7. The van der Waals surface area contributed by atoms with Gasteiger partial charge in [-0.15, -0.1) is 11.3 Å². The van der Waals surface area contributed by atoms with E-state index in [9.17, 15) is 0 Å². The van der Waals surface area contributed by atoms with Gasteiger partial charge in [0.15, 0.2) is 0 Å². The van der Waals surface area contributed by atoms with Crippen LogP contribution in [-0.4, -0.2) is 11.1 Å². The third-order valence-electron chi connectivity index (χ3n) is 2.80. The van der Waals surface area contributed by atoms with E-state index < -0.39 is 0 Å². The van der Waals surface area contributed by atoms with Gasteiger partial charge in [-0.05, 0) is 26.3 Å². The lowest BCUT2D eigenvalue weighted by Gasteiger charge is -2.18. The smallest absolute Gasteiger partial charge is 0.123 e. The number of aromatic nitrogens is 1. The van der Waals surface area contributed by atoms with Crippen LogP contribution in [0.2, 0.25) is 0 Å². The number of anilines is 2. The molecule has 3 N–H and O–H groups in total. The molecule has 1 aromatic heterocycles. The molecule has 0 aliphatic heterocycles. The Bertz CT molecular complexity index is 540. The summed E-state index contributed by atoms with van der Waals surface area (Å²) in [6, 6.07) is 5.94. The van der Waals surface area contributed by atoms with Gasteiger partial charge < -0.3 is 15.8 Å². The fourth-order valence-electron chi connectivity index (χ4n) is 1.99. The number of nitrogens with zero attached hydrogens (tertiary/aromatic N) is 1. The molecule has 1 atom stereocenters. The quantitative estimate of drug-likeness (QED) is 0.787. The van der Waals surface area contributed by atoms with E-state index in [2.05, 4.69) is 17.2 Å². The number of nitrogen functional groups attached to an aromatic ring is 1.